The smallest absolute Gasteiger partial charge is 0.336 e. The number of rotatable bonds is 6. The van der Waals surface area contributed by atoms with E-state index in [-0.39, 0.29) is 42.5 Å². The third-order valence-electron chi connectivity index (χ3n) is 7.94. The van der Waals surface area contributed by atoms with Crippen LogP contribution >= 0.6 is 0 Å². The Morgan fingerprint density at radius 2 is 2.23 bits per heavy atom. The normalized spacial score (nSPS) is 37.3. The summed E-state index contributed by atoms with van der Waals surface area (Å²) in [7, 11) is 0. The molecule has 4 rings (SSSR count). The highest BCUT2D eigenvalue weighted by atomic mass is 16.5. The van der Waals surface area contributed by atoms with Crippen molar-refractivity contribution in [3.8, 4) is 0 Å². The van der Waals surface area contributed by atoms with Gasteiger partial charge in [-0.05, 0) is 60.6 Å². The van der Waals surface area contributed by atoms with E-state index in [4.69, 9.17) is 4.74 Å². The first-order valence-corrected chi connectivity index (χ1v) is 10.6. The Morgan fingerprint density at radius 3 is 2.87 bits per heavy atom. The van der Waals surface area contributed by atoms with E-state index in [0.29, 0.717) is 24.4 Å². The van der Waals surface area contributed by atoms with Gasteiger partial charge in [0.25, 0.3) is 5.95 Å². The molecule has 1 aliphatic heterocycles. The van der Waals surface area contributed by atoms with Gasteiger partial charge in [-0.2, -0.15) is 5.21 Å². The molecular weight excluding hydrogens is 386 g/mol. The van der Waals surface area contributed by atoms with E-state index in [1.165, 1.54) is 0 Å². The highest BCUT2D eigenvalue weighted by Gasteiger charge is 2.58. The van der Waals surface area contributed by atoms with Crippen LogP contribution in [0.5, 0.6) is 0 Å². The van der Waals surface area contributed by atoms with Gasteiger partial charge in [-0.1, -0.05) is 31.1 Å². The van der Waals surface area contributed by atoms with E-state index in [1.54, 1.807) is 6.08 Å². The maximum Gasteiger partial charge on any atom is 0.336 e. The highest BCUT2D eigenvalue weighted by molar-refractivity contribution is 5.92. The lowest BCUT2D eigenvalue weighted by Gasteiger charge is -2.60. The number of tetrazole rings is 1. The van der Waals surface area contributed by atoms with Crippen molar-refractivity contribution >= 4 is 11.9 Å². The second kappa shape index (κ2) is 7.77. The number of aromatic amines is 1. The first-order chi connectivity index (χ1) is 14.3. The molecule has 3 aliphatic rings. The first-order valence-electron chi connectivity index (χ1n) is 10.6. The Morgan fingerprint density at radius 1 is 1.43 bits per heavy atom. The summed E-state index contributed by atoms with van der Waals surface area (Å²) >= 11 is 0. The van der Waals surface area contributed by atoms with Gasteiger partial charge in [-0.15, -0.1) is 5.10 Å². The molecule has 0 radical (unpaired) electrons. The fraction of sp³-hybridized carbons (Fsp3) is 0.714. The molecule has 2 heterocycles. The molecule has 30 heavy (non-hydrogen) atoms. The van der Waals surface area contributed by atoms with Crippen molar-refractivity contribution in [3.63, 3.8) is 0 Å². The maximum absolute atomic E-state index is 12.3. The van der Waals surface area contributed by atoms with Crippen molar-refractivity contribution in [2.75, 3.05) is 18.5 Å². The zero-order valence-corrected chi connectivity index (χ0v) is 17.6. The number of anilines is 1. The summed E-state index contributed by atoms with van der Waals surface area (Å²) < 4.78 is 5.15. The molecule has 4 N–H and O–H groups in total. The number of carbonyl (C=O) groups excluding carboxylic acids is 1. The minimum atomic E-state index is -0.548. The highest BCUT2D eigenvalue weighted by Crippen LogP contribution is 2.62. The molecular formula is C21H31N5O4. The fourth-order valence-corrected chi connectivity index (χ4v) is 6.17. The molecule has 9 heteroatoms. The molecule has 6 atom stereocenters. The number of nitrogens with one attached hydrogen (secondary N) is 2. The maximum atomic E-state index is 12.3. The van der Waals surface area contributed by atoms with Crippen LogP contribution in [-0.2, 0) is 9.53 Å². The SMILES string of the molecule is C=C1CCC2[C@](C)(CO)C(O)CC[C@]2(C)[C@H]1CC(Nc1nn[nH]n1)C1=CCOC1=O. The van der Waals surface area contributed by atoms with E-state index >= 15 is 0 Å². The number of H-pyrrole nitrogens is 1. The molecule has 0 amide bonds. The summed E-state index contributed by atoms with van der Waals surface area (Å²) in [5.74, 6) is 0.249. The van der Waals surface area contributed by atoms with Crippen molar-refractivity contribution < 1.29 is 19.7 Å². The average Bonchev–Trinajstić information content (AvgIpc) is 3.38. The molecule has 0 saturated heterocycles. The molecule has 0 bridgehead atoms. The van der Waals surface area contributed by atoms with Crippen molar-refractivity contribution in [3.05, 3.63) is 23.8 Å². The molecule has 2 aliphatic carbocycles. The Kier molecular flexibility index (Phi) is 5.44. The summed E-state index contributed by atoms with van der Waals surface area (Å²) in [6.45, 7) is 8.84. The van der Waals surface area contributed by atoms with Crippen LogP contribution in [0.25, 0.3) is 0 Å². The second-order valence-corrected chi connectivity index (χ2v) is 9.45. The summed E-state index contributed by atoms with van der Waals surface area (Å²) in [6, 6.07) is -0.345. The van der Waals surface area contributed by atoms with Crippen LogP contribution in [0.15, 0.2) is 23.8 Å². The zero-order chi connectivity index (χ0) is 21.5. The molecule has 2 saturated carbocycles. The van der Waals surface area contributed by atoms with Gasteiger partial charge in [0.15, 0.2) is 0 Å². The lowest BCUT2D eigenvalue weighted by atomic mass is 9.46. The Hall–Kier alpha value is -2.26. The van der Waals surface area contributed by atoms with Gasteiger partial charge in [0.05, 0.1) is 24.3 Å². The molecule has 9 nitrogen and oxygen atoms in total. The summed E-state index contributed by atoms with van der Waals surface area (Å²) in [5, 5.41) is 38.1. The lowest BCUT2D eigenvalue weighted by molar-refractivity contribution is -0.152. The van der Waals surface area contributed by atoms with Gasteiger partial charge >= 0.3 is 5.97 Å². The molecule has 1 aromatic heterocycles. The summed E-state index contributed by atoms with van der Waals surface area (Å²) in [5.41, 5.74) is 1.02. The van der Waals surface area contributed by atoms with E-state index in [2.05, 4.69) is 39.4 Å². The lowest BCUT2D eigenvalue weighted by Crippen LogP contribution is -2.58. The third-order valence-corrected chi connectivity index (χ3v) is 7.94. The zero-order valence-electron chi connectivity index (χ0n) is 17.6. The number of esters is 1. The Labute approximate surface area is 176 Å². The number of ether oxygens (including phenoxy) is 1. The van der Waals surface area contributed by atoms with Crippen LogP contribution in [0.1, 0.15) is 46.0 Å². The van der Waals surface area contributed by atoms with Crippen LogP contribution < -0.4 is 5.32 Å². The van der Waals surface area contributed by atoms with E-state index in [9.17, 15) is 15.0 Å². The third kappa shape index (κ3) is 3.33. The van der Waals surface area contributed by atoms with E-state index in [0.717, 1.165) is 24.8 Å². The number of aromatic nitrogens is 4. The van der Waals surface area contributed by atoms with Crippen molar-refractivity contribution in [2.24, 2.45) is 22.7 Å². The standard InChI is InChI=1S/C21H31N5O4/c1-12-4-5-16-20(2,8-6-17(28)21(16,3)11-27)14(12)10-15(13-7-9-30-18(13)29)22-19-23-25-26-24-19/h7,14-17,27-28H,1,4-6,8-11H2,2-3H3,(H2,22,23,24,25,26)/t14-,15?,16?,17?,20+,21-/m0/s1. The number of cyclic esters (lactones) is 1. The Balaban J connectivity index is 1.66. The van der Waals surface area contributed by atoms with Crippen LogP contribution in [0, 0.1) is 22.7 Å². The largest absolute Gasteiger partial charge is 0.458 e. The van der Waals surface area contributed by atoms with Crippen molar-refractivity contribution in [1.82, 2.24) is 20.6 Å². The number of fused-ring (bicyclic) bond motifs is 1. The molecule has 3 unspecified atom stereocenters. The van der Waals surface area contributed by atoms with Crippen LogP contribution in [-0.4, -0.2) is 62.2 Å². The number of aliphatic hydroxyl groups is 2. The number of aliphatic hydroxyl groups excluding tert-OH is 2. The number of hydrogen-bond donors (Lipinski definition) is 4. The minimum Gasteiger partial charge on any atom is -0.458 e. The van der Waals surface area contributed by atoms with Gasteiger partial charge in [-0.3, -0.25) is 0 Å². The predicted octanol–water partition coefficient (Wildman–Crippen LogP) is 1.60. The van der Waals surface area contributed by atoms with Gasteiger partial charge < -0.3 is 20.3 Å². The second-order valence-electron chi connectivity index (χ2n) is 9.45. The number of allylic oxidation sites excluding steroid dienone is 1. The van der Waals surface area contributed by atoms with Crippen LogP contribution in [0.2, 0.25) is 0 Å². The van der Waals surface area contributed by atoms with E-state index < -0.39 is 11.5 Å². The molecule has 164 valence electrons. The number of carbonyl (C=O) groups is 1. The van der Waals surface area contributed by atoms with Gasteiger partial charge in [0, 0.05) is 5.41 Å². The summed E-state index contributed by atoms with van der Waals surface area (Å²) in [6.07, 6.45) is 5.12. The number of hydrogen-bond acceptors (Lipinski definition) is 8. The fourth-order valence-electron chi connectivity index (χ4n) is 6.17. The monoisotopic (exact) mass is 417 g/mol. The predicted molar refractivity (Wildman–Crippen MR) is 109 cm³/mol. The average molecular weight is 418 g/mol. The molecule has 2 fully saturated rings. The quantitative estimate of drug-likeness (QED) is 0.405. The van der Waals surface area contributed by atoms with Gasteiger partial charge in [0.2, 0.25) is 0 Å². The van der Waals surface area contributed by atoms with Gasteiger partial charge in [-0.25, -0.2) is 4.79 Å². The van der Waals surface area contributed by atoms with Crippen molar-refractivity contribution in [2.45, 2.75) is 58.1 Å². The minimum absolute atomic E-state index is 0.0460. The summed E-state index contributed by atoms with van der Waals surface area (Å²) in [4.78, 5) is 12.3. The topological polar surface area (TPSA) is 133 Å². The molecule has 0 aromatic carbocycles. The molecule has 0 spiro atoms. The molecule has 1 aromatic rings. The first kappa shape index (κ1) is 21.0. The van der Waals surface area contributed by atoms with E-state index in [1.807, 2.05) is 6.92 Å². The van der Waals surface area contributed by atoms with Crippen LogP contribution in [0.4, 0.5) is 5.95 Å². The number of nitrogens with zero attached hydrogens (tertiary/aromatic N) is 3. The Bertz CT molecular complexity index is 840. The van der Waals surface area contributed by atoms with Crippen molar-refractivity contribution in [1.29, 1.82) is 0 Å². The van der Waals surface area contributed by atoms with Crippen LogP contribution in [0.3, 0.4) is 0 Å². The van der Waals surface area contributed by atoms with Gasteiger partial charge in [0.1, 0.15) is 6.61 Å².